The van der Waals surface area contributed by atoms with E-state index in [9.17, 15) is 0 Å². The minimum atomic E-state index is -0.000529. The van der Waals surface area contributed by atoms with Crippen molar-refractivity contribution >= 4 is 43.1 Å². The van der Waals surface area contributed by atoms with Crippen molar-refractivity contribution in [3.05, 3.63) is 169 Å². The molecule has 0 saturated carbocycles. The van der Waals surface area contributed by atoms with Crippen molar-refractivity contribution in [3.8, 4) is 55.6 Å². The van der Waals surface area contributed by atoms with E-state index < -0.39 is 0 Å². The Hall–Kier alpha value is -5.98. The van der Waals surface area contributed by atoms with Gasteiger partial charge in [0.1, 0.15) is 0 Å². The van der Waals surface area contributed by atoms with Crippen LogP contribution < -0.4 is 0 Å². The van der Waals surface area contributed by atoms with Crippen LogP contribution in [0.25, 0.3) is 98.7 Å². The molecule has 0 heterocycles. The van der Waals surface area contributed by atoms with Gasteiger partial charge >= 0.3 is 0 Å². The first-order valence-corrected chi connectivity index (χ1v) is 17.3. The molecule has 228 valence electrons. The maximum Gasteiger partial charge on any atom is 0.0159 e. The average molecular weight is 621 g/mol. The standard InChI is InChI=1S/C49H32/c1-49(2)45-13-6-5-10-40(45)41-23-21-34(28-46(41)49)32-17-16-29-24-31(15-14-30(29)25-32)33-20-22-37-35(26-33)18-19-36-27-44-39-9-4-3-8-38(39)42-11-7-12-43(47(36)37)48(42)44/h3-28H,1-2H3. The van der Waals surface area contributed by atoms with Gasteiger partial charge in [-0.1, -0.05) is 141 Å². The molecule has 9 aromatic carbocycles. The maximum atomic E-state index is 2.41. The zero-order valence-corrected chi connectivity index (χ0v) is 27.5. The van der Waals surface area contributed by atoms with Crippen molar-refractivity contribution in [2.45, 2.75) is 19.3 Å². The zero-order chi connectivity index (χ0) is 32.4. The minimum absolute atomic E-state index is 0.000529. The van der Waals surface area contributed by atoms with Crippen LogP contribution in [-0.2, 0) is 5.41 Å². The predicted molar refractivity (Wildman–Crippen MR) is 209 cm³/mol. The molecule has 0 fully saturated rings. The molecule has 0 radical (unpaired) electrons. The molecule has 0 atom stereocenters. The van der Waals surface area contributed by atoms with Crippen LogP contribution in [0.2, 0.25) is 0 Å². The van der Waals surface area contributed by atoms with E-state index in [1.807, 2.05) is 0 Å². The van der Waals surface area contributed by atoms with Gasteiger partial charge in [-0.25, -0.2) is 0 Å². The van der Waals surface area contributed by atoms with E-state index in [0.717, 1.165) is 0 Å². The van der Waals surface area contributed by atoms with E-state index in [1.54, 1.807) is 0 Å². The summed E-state index contributed by atoms with van der Waals surface area (Å²) in [6.45, 7) is 4.70. The van der Waals surface area contributed by atoms with Gasteiger partial charge in [-0.3, -0.25) is 0 Å². The average Bonchev–Trinajstić information content (AvgIpc) is 3.59. The maximum absolute atomic E-state index is 2.41. The summed E-state index contributed by atoms with van der Waals surface area (Å²) in [5.41, 5.74) is 16.0. The minimum Gasteiger partial charge on any atom is -0.0619 e. The molecule has 2 aliphatic carbocycles. The lowest BCUT2D eigenvalue weighted by molar-refractivity contribution is 0.660. The third-order valence-corrected chi connectivity index (χ3v) is 11.6. The van der Waals surface area contributed by atoms with Crippen molar-refractivity contribution in [3.63, 3.8) is 0 Å². The summed E-state index contributed by atoms with van der Waals surface area (Å²) < 4.78 is 0. The molecular weight excluding hydrogens is 589 g/mol. The third-order valence-electron chi connectivity index (χ3n) is 11.6. The molecule has 2 aliphatic rings. The highest BCUT2D eigenvalue weighted by Gasteiger charge is 2.35. The smallest absolute Gasteiger partial charge is 0.0159 e. The lowest BCUT2D eigenvalue weighted by Crippen LogP contribution is -2.14. The van der Waals surface area contributed by atoms with E-state index in [0.29, 0.717) is 0 Å². The summed E-state index contributed by atoms with van der Waals surface area (Å²) in [6, 6.07) is 59.4. The fourth-order valence-electron chi connectivity index (χ4n) is 9.10. The van der Waals surface area contributed by atoms with Gasteiger partial charge in [0.15, 0.2) is 0 Å². The van der Waals surface area contributed by atoms with Crippen molar-refractivity contribution in [1.29, 1.82) is 0 Å². The fraction of sp³-hybridized carbons (Fsp3) is 0.0612. The van der Waals surface area contributed by atoms with Crippen LogP contribution in [0.5, 0.6) is 0 Å². The van der Waals surface area contributed by atoms with Crippen LogP contribution in [0, 0.1) is 0 Å². The molecule has 0 N–H and O–H groups in total. The van der Waals surface area contributed by atoms with Gasteiger partial charge in [0.2, 0.25) is 0 Å². The SMILES string of the molecule is CC1(C)c2ccccc2-c2ccc(-c3ccc4cc(-c5ccc6c(ccc7cc8c9c(cccc9c76)-c6ccccc6-8)c5)ccc4c3)cc21. The van der Waals surface area contributed by atoms with Crippen LogP contribution in [-0.4, -0.2) is 0 Å². The second-order valence-electron chi connectivity index (χ2n) is 14.5. The summed E-state index contributed by atoms with van der Waals surface area (Å²) in [7, 11) is 0. The summed E-state index contributed by atoms with van der Waals surface area (Å²) >= 11 is 0. The van der Waals surface area contributed by atoms with E-state index in [-0.39, 0.29) is 5.41 Å². The van der Waals surface area contributed by atoms with Gasteiger partial charge in [0.25, 0.3) is 0 Å². The molecule has 0 spiro atoms. The Morgan fingerprint density at radius 2 is 0.857 bits per heavy atom. The van der Waals surface area contributed by atoms with Crippen LogP contribution in [0.15, 0.2) is 158 Å². The van der Waals surface area contributed by atoms with Gasteiger partial charge in [-0.2, -0.15) is 0 Å². The van der Waals surface area contributed by atoms with E-state index in [4.69, 9.17) is 0 Å². The van der Waals surface area contributed by atoms with Crippen LogP contribution in [0.4, 0.5) is 0 Å². The quantitative estimate of drug-likeness (QED) is 0.169. The third kappa shape index (κ3) is 3.69. The number of hydrogen-bond donors (Lipinski definition) is 0. The molecule has 0 nitrogen and oxygen atoms in total. The Morgan fingerprint density at radius 3 is 1.63 bits per heavy atom. The van der Waals surface area contributed by atoms with Gasteiger partial charge < -0.3 is 0 Å². The van der Waals surface area contributed by atoms with E-state index >= 15 is 0 Å². The molecule has 0 amide bonds. The van der Waals surface area contributed by atoms with Crippen molar-refractivity contribution in [2.24, 2.45) is 0 Å². The number of benzene rings is 9. The fourth-order valence-corrected chi connectivity index (χ4v) is 9.10. The Labute approximate surface area is 285 Å². The summed E-state index contributed by atoms with van der Waals surface area (Å²) in [4.78, 5) is 0. The molecule has 0 bridgehead atoms. The zero-order valence-electron chi connectivity index (χ0n) is 27.5. The molecule has 0 aromatic heterocycles. The van der Waals surface area contributed by atoms with Crippen molar-refractivity contribution < 1.29 is 0 Å². The van der Waals surface area contributed by atoms with Gasteiger partial charge in [-0.05, 0) is 140 Å². The summed E-state index contributed by atoms with van der Waals surface area (Å²) in [5.74, 6) is 0. The van der Waals surface area contributed by atoms with E-state index in [2.05, 4.69) is 172 Å². The summed E-state index contributed by atoms with van der Waals surface area (Å²) in [5, 5.41) is 10.5. The molecular formula is C49H32. The Balaban J connectivity index is 0.982. The van der Waals surface area contributed by atoms with E-state index in [1.165, 1.54) is 110 Å². The second kappa shape index (κ2) is 9.56. The first kappa shape index (κ1) is 27.0. The van der Waals surface area contributed by atoms with Gasteiger partial charge in [0, 0.05) is 5.41 Å². The Bertz CT molecular complexity index is 2900. The number of rotatable bonds is 2. The first-order chi connectivity index (χ1) is 24.0. The van der Waals surface area contributed by atoms with Crippen LogP contribution in [0.1, 0.15) is 25.0 Å². The Morgan fingerprint density at radius 1 is 0.306 bits per heavy atom. The molecule has 0 unspecified atom stereocenters. The predicted octanol–water partition coefficient (Wildman–Crippen LogP) is 13.6. The van der Waals surface area contributed by atoms with Gasteiger partial charge in [-0.15, -0.1) is 0 Å². The molecule has 9 aromatic rings. The highest BCUT2D eigenvalue weighted by molar-refractivity contribution is 6.28. The molecule has 0 saturated heterocycles. The number of fused-ring (bicyclic) bond motifs is 11. The largest absolute Gasteiger partial charge is 0.0619 e. The van der Waals surface area contributed by atoms with Crippen molar-refractivity contribution in [2.75, 3.05) is 0 Å². The lowest BCUT2D eigenvalue weighted by Gasteiger charge is -2.22. The highest BCUT2D eigenvalue weighted by atomic mass is 14.4. The lowest BCUT2D eigenvalue weighted by atomic mass is 9.81. The van der Waals surface area contributed by atoms with Crippen LogP contribution >= 0.6 is 0 Å². The monoisotopic (exact) mass is 620 g/mol. The number of hydrogen-bond acceptors (Lipinski definition) is 0. The molecule has 49 heavy (non-hydrogen) atoms. The topological polar surface area (TPSA) is 0 Å². The Kier molecular flexibility index (Phi) is 5.27. The summed E-state index contributed by atoms with van der Waals surface area (Å²) in [6.07, 6.45) is 0. The molecule has 0 aliphatic heterocycles. The first-order valence-electron chi connectivity index (χ1n) is 17.3. The van der Waals surface area contributed by atoms with Crippen molar-refractivity contribution in [1.82, 2.24) is 0 Å². The highest BCUT2D eigenvalue weighted by Crippen LogP contribution is 2.51. The van der Waals surface area contributed by atoms with Gasteiger partial charge in [0.05, 0.1) is 0 Å². The van der Waals surface area contributed by atoms with Crippen LogP contribution in [0.3, 0.4) is 0 Å². The molecule has 0 heteroatoms. The second-order valence-corrected chi connectivity index (χ2v) is 14.5. The molecule has 11 rings (SSSR count). The normalized spacial score (nSPS) is 13.7.